The zero-order valence-electron chi connectivity index (χ0n) is 11.8. The summed E-state index contributed by atoms with van der Waals surface area (Å²) in [6, 6.07) is 0. The summed E-state index contributed by atoms with van der Waals surface area (Å²) in [4.78, 5) is 19.9. The Morgan fingerprint density at radius 1 is 1.40 bits per heavy atom. The lowest BCUT2D eigenvalue weighted by Gasteiger charge is -2.36. The first-order valence-corrected chi connectivity index (χ1v) is 7.30. The van der Waals surface area contributed by atoms with Crippen molar-refractivity contribution in [3.8, 4) is 0 Å². The van der Waals surface area contributed by atoms with Crippen molar-refractivity contribution in [2.45, 2.75) is 38.3 Å². The fourth-order valence-corrected chi connectivity index (χ4v) is 3.01. The van der Waals surface area contributed by atoms with E-state index in [0.29, 0.717) is 32.2 Å². The van der Waals surface area contributed by atoms with E-state index >= 15 is 0 Å². The minimum Gasteiger partial charge on any atom is -0.381 e. The number of nitrogens with one attached hydrogen (secondary N) is 2. The second-order valence-electron chi connectivity index (χ2n) is 5.31. The van der Waals surface area contributed by atoms with Gasteiger partial charge < -0.3 is 19.8 Å². The molecule has 20 heavy (non-hydrogen) atoms. The van der Waals surface area contributed by atoms with Gasteiger partial charge in [-0.05, 0) is 19.9 Å². The second kappa shape index (κ2) is 5.63. The summed E-state index contributed by atoms with van der Waals surface area (Å²) in [5, 5.41) is 3.26. The summed E-state index contributed by atoms with van der Waals surface area (Å²) in [6.07, 6.45) is 2.20. The number of aromatic nitrogens is 2. The van der Waals surface area contributed by atoms with Crippen LogP contribution >= 0.6 is 0 Å². The average Bonchev–Trinajstić information content (AvgIpc) is 2.48. The van der Waals surface area contributed by atoms with Crippen LogP contribution in [0.5, 0.6) is 0 Å². The Balaban J connectivity index is 2.03. The Kier molecular flexibility index (Phi) is 3.87. The number of aromatic amines is 1. The molecule has 1 aromatic heterocycles. The average molecular weight is 279 g/mol. The van der Waals surface area contributed by atoms with Gasteiger partial charge in [0.1, 0.15) is 11.4 Å². The Morgan fingerprint density at radius 2 is 2.20 bits per heavy atom. The molecule has 0 amide bonds. The van der Waals surface area contributed by atoms with E-state index in [2.05, 4.69) is 15.3 Å². The number of H-pyrrole nitrogens is 1. The molecule has 3 rings (SSSR count). The summed E-state index contributed by atoms with van der Waals surface area (Å²) in [6.45, 7) is 5.33. The van der Waals surface area contributed by atoms with E-state index in [-0.39, 0.29) is 5.56 Å². The molecule has 6 nitrogen and oxygen atoms in total. The predicted molar refractivity (Wildman–Crippen MR) is 73.6 cm³/mol. The lowest BCUT2D eigenvalue weighted by Crippen LogP contribution is -2.41. The van der Waals surface area contributed by atoms with Gasteiger partial charge in [-0.2, -0.15) is 0 Å². The van der Waals surface area contributed by atoms with Crippen LogP contribution in [0.2, 0.25) is 0 Å². The lowest BCUT2D eigenvalue weighted by molar-refractivity contribution is -0.118. The molecule has 0 unspecified atom stereocenters. The molecular weight excluding hydrogens is 258 g/mol. The molecule has 1 fully saturated rings. The van der Waals surface area contributed by atoms with Gasteiger partial charge in [0.05, 0.1) is 5.69 Å². The van der Waals surface area contributed by atoms with E-state index in [1.807, 2.05) is 6.92 Å². The SMILES string of the molecule is CCOC1(c2nc3c(c(=O)[nH]2)CCNC3)CCOCC1. The van der Waals surface area contributed by atoms with Crippen LogP contribution in [0, 0.1) is 0 Å². The largest absolute Gasteiger partial charge is 0.381 e. The van der Waals surface area contributed by atoms with Crippen molar-refractivity contribution in [1.82, 2.24) is 15.3 Å². The maximum absolute atomic E-state index is 12.3. The molecule has 0 aromatic carbocycles. The van der Waals surface area contributed by atoms with Gasteiger partial charge in [-0.3, -0.25) is 4.79 Å². The first-order chi connectivity index (χ1) is 9.75. The lowest BCUT2D eigenvalue weighted by atomic mass is 9.92. The molecule has 0 radical (unpaired) electrons. The van der Waals surface area contributed by atoms with Gasteiger partial charge in [-0.1, -0.05) is 0 Å². The summed E-state index contributed by atoms with van der Waals surface area (Å²) in [7, 11) is 0. The highest BCUT2D eigenvalue weighted by Crippen LogP contribution is 2.33. The smallest absolute Gasteiger partial charge is 0.254 e. The molecule has 0 bridgehead atoms. The topological polar surface area (TPSA) is 76.2 Å². The van der Waals surface area contributed by atoms with Crippen molar-refractivity contribution in [2.24, 2.45) is 0 Å². The molecule has 1 aromatic rings. The molecule has 0 atom stereocenters. The van der Waals surface area contributed by atoms with Gasteiger partial charge in [0.15, 0.2) is 0 Å². The standard InChI is InChI=1S/C14H21N3O3/c1-2-20-14(4-7-19-8-5-14)13-16-11-9-15-6-3-10(11)12(18)17-13/h15H,2-9H2,1H3,(H,16,17,18). The van der Waals surface area contributed by atoms with Crippen LogP contribution in [0.15, 0.2) is 4.79 Å². The number of fused-ring (bicyclic) bond motifs is 1. The first kappa shape index (κ1) is 13.7. The number of nitrogens with zero attached hydrogens (tertiary/aromatic N) is 1. The fraction of sp³-hybridized carbons (Fsp3) is 0.714. The van der Waals surface area contributed by atoms with E-state index in [4.69, 9.17) is 9.47 Å². The molecule has 2 aliphatic rings. The highest BCUT2D eigenvalue weighted by Gasteiger charge is 2.38. The predicted octanol–water partition coefficient (Wildman–Crippen LogP) is 0.458. The van der Waals surface area contributed by atoms with Gasteiger partial charge in [-0.25, -0.2) is 4.98 Å². The normalized spacial score (nSPS) is 21.4. The highest BCUT2D eigenvalue weighted by molar-refractivity contribution is 5.22. The van der Waals surface area contributed by atoms with Gasteiger partial charge in [0, 0.05) is 44.8 Å². The third kappa shape index (κ3) is 2.39. The van der Waals surface area contributed by atoms with Crippen LogP contribution < -0.4 is 10.9 Å². The van der Waals surface area contributed by atoms with Gasteiger partial charge in [-0.15, -0.1) is 0 Å². The quantitative estimate of drug-likeness (QED) is 0.840. The van der Waals surface area contributed by atoms with Gasteiger partial charge >= 0.3 is 0 Å². The van der Waals surface area contributed by atoms with Crippen molar-refractivity contribution in [1.29, 1.82) is 0 Å². The molecule has 3 heterocycles. The zero-order chi connectivity index (χ0) is 14.0. The highest BCUT2D eigenvalue weighted by atomic mass is 16.5. The molecular formula is C14H21N3O3. The third-order valence-electron chi connectivity index (χ3n) is 4.10. The van der Waals surface area contributed by atoms with Crippen LogP contribution in [0.1, 0.15) is 36.8 Å². The summed E-state index contributed by atoms with van der Waals surface area (Å²) < 4.78 is 11.4. The molecule has 6 heteroatoms. The summed E-state index contributed by atoms with van der Waals surface area (Å²) >= 11 is 0. The summed E-state index contributed by atoms with van der Waals surface area (Å²) in [5.41, 5.74) is 1.15. The van der Waals surface area contributed by atoms with Crippen LogP contribution in [-0.4, -0.2) is 36.3 Å². The summed E-state index contributed by atoms with van der Waals surface area (Å²) in [5.74, 6) is 0.662. The Labute approximate surface area is 117 Å². The molecule has 0 aliphatic carbocycles. The third-order valence-corrected chi connectivity index (χ3v) is 4.10. The molecule has 0 saturated carbocycles. The van der Waals surface area contributed by atoms with Crippen molar-refractivity contribution < 1.29 is 9.47 Å². The van der Waals surface area contributed by atoms with Crippen LogP contribution in [-0.2, 0) is 28.0 Å². The van der Waals surface area contributed by atoms with Gasteiger partial charge in [0.25, 0.3) is 5.56 Å². The second-order valence-corrected chi connectivity index (χ2v) is 5.31. The molecule has 110 valence electrons. The Bertz CT molecular complexity index is 529. The minimum atomic E-state index is -0.501. The van der Waals surface area contributed by atoms with Crippen molar-refractivity contribution >= 4 is 0 Å². The van der Waals surface area contributed by atoms with E-state index in [9.17, 15) is 4.79 Å². The monoisotopic (exact) mass is 279 g/mol. The maximum Gasteiger partial charge on any atom is 0.254 e. The van der Waals surface area contributed by atoms with Crippen molar-refractivity contribution in [2.75, 3.05) is 26.4 Å². The van der Waals surface area contributed by atoms with E-state index in [1.54, 1.807) is 0 Å². The van der Waals surface area contributed by atoms with E-state index < -0.39 is 5.60 Å². The number of ether oxygens (including phenoxy) is 2. The fourth-order valence-electron chi connectivity index (χ4n) is 3.01. The maximum atomic E-state index is 12.3. The zero-order valence-corrected chi connectivity index (χ0v) is 11.8. The Morgan fingerprint density at radius 3 is 2.95 bits per heavy atom. The Hall–Kier alpha value is -1.24. The molecule has 0 spiro atoms. The number of hydrogen-bond donors (Lipinski definition) is 2. The number of rotatable bonds is 3. The first-order valence-electron chi connectivity index (χ1n) is 7.30. The van der Waals surface area contributed by atoms with Gasteiger partial charge in [0.2, 0.25) is 0 Å². The molecule has 2 aliphatic heterocycles. The van der Waals surface area contributed by atoms with Crippen LogP contribution in [0.4, 0.5) is 0 Å². The minimum absolute atomic E-state index is 0.0166. The van der Waals surface area contributed by atoms with Crippen molar-refractivity contribution in [3.63, 3.8) is 0 Å². The molecule has 2 N–H and O–H groups in total. The van der Waals surface area contributed by atoms with Crippen molar-refractivity contribution in [3.05, 3.63) is 27.4 Å². The van der Waals surface area contributed by atoms with Crippen LogP contribution in [0.3, 0.4) is 0 Å². The van der Waals surface area contributed by atoms with Crippen LogP contribution in [0.25, 0.3) is 0 Å². The number of hydrogen-bond acceptors (Lipinski definition) is 5. The van der Waals surface area contributed by atoms with E-state index in [0.717, 1.165) is 37.1 Å². The van der Waals surface area contributed by atoms with E-state index in [1.165, 1.54) is 0 Å². The molecule has 1 saturated heterocycles.